The lowest BCUT2D eigenvalue weighted by molar-refractivity contribution is -0.720. The minimum atomic E-state index is -0.721. The monoisotopic (exact) mass is 320 g/mol. The van der Waals surface area contributed by atoms with Gasteiger partial charge in [0.25, 0.3) is 5.91 Å². The fourth-order valence-corrected chi connectivity index (χ4v) is 2.14. The number of amides is 1. The van der Waals surface area contributed by atoms with Gasteiger partial charge in [-0.15, -0.1) is 5.01 Å². The molecule has 1 saturated heterocycles. The molecule has 0 aliphatic carbocycles. The lowest BCUT2D eigenvalue weighted by atomic mass is 10.1. The molecule has 1 atom stereocenters. The second-order valence-electron chi connectivity index (χ2n) is 6.74. The maximum absolute atomic E-state index is 12.4. The number of hydrogen-bond acceptors (Lipinski definition) is 4. The summed E-state index contributed by atoms with van der Waals surface area (Å²) in [5, 5.41) is 16.8. The Hall–Kier alpha value is -2.31. The van der Waals surface area contributed by atoms with E-state index in [1.54, 1.807) is 11.9 Å². The molecule has 0 spiro atoms. The molecule has 0 radical (unpaired) electrons. The molecular weight excluding hydrogens is 296 g/mol. The van der Waals surface area contributed by atoms with Gasteiger partial charge in [-0.05, 0) is 39.8 Å². The van der Waals surface area contributed by atoms with Crippen molar-refractivity contribution in [2.24, 2.45) is 5.28 Å². The Morgan fingerprint density at radius 1 is 1.35 bits per heavy atom. The van der Waals surface area contributed by atoms with E-state index in [1.807, 2.05) is 52.0 Å². The maximum atomic E-state index is 12.4. The summed E-state index contributed by atoms with van der Waals surface area (Å²) in [5.74, 6) is -0.176. The summed E-state index contributed by atoms with van der Waals surface area (Å²) < 4.78 is 0. The van der Waals surface area contributed by atoms with Gasteiger partial charge in [0.05, 0.1) is 17.6 Å². The second-order valence-corrected chi connectivity index (χ2v) is 6.74. The highest BCUT2D eigenvalue weighted by molar-refractivity contribution is 5.98. The van der Waals surface area contributed by atoms with Crippen LogP contribution in [0.15, 0.2) is 29.5 Å². The Morgan fingerprint density at radius 2 is 1.96 bits per heavy atom. The topological polar surface area (TPSA) is 71.2 Å². The average Bonchev–Trinajstić information content (AvgIpc) is 2.85. The van der Waals surface area contributed by atoms with Gasteiger partial charge in [0.15, 0.2) is 0 Å². The van der Waals surface area contributed by atoms with E-state index in [9.17, 15) is 10.0 Å². The van der Waals surface area contributed by atoms with E-state index in [-0.39, 0.29) is 11.4 Å². The molecule has 126 valence electrons. The Balaban J connectivity index is 2.01. The number of hydrazine groups is 1. The van der Waals surface area contributed by atoms with Crippen molar-refractivity contribution >= 4 is 11.6 Å². The Bertz CT molecular complexity index is 592. The normalized spacial score (nSPS) is 19.2. The fraction of sp³-hybridized carbons (Fsp3) is 0.562. The number of carbonyl (C=O) groups excluding carboxylic acids is 1. The number of carbonyl (C=O) groups is 1. The van der Waals surface area contributed by atoms with Crippen molar-refractivity contribution in [2.75, 3.05) is 18.5 Å². The molecule has 23 heavy (non-hydrogen) atoms. The smallest absolute Gasteiger partial charge is 0.271 e. The standard InChI is InChI=1S/C16H24N4O3/c1-12-6-8-13(9-7-12)19-11-10-14(15(19)21)23-17-20(22)18(5)16(2,3)4/h6-9,14H,10-11H2,1-5H3/b20-17-/t14-/m1/s1. The van der Waals surface area contributed by atoms with Crippen LogP contribution in [0.5, 0.6) is 0 Å². The highest BCUT2D eigenvalue weighted by Gasteiger charge is 2.35. The minimum Gasteiger partial charge on any atom is -0.569 e. The van der Waals surface area contributed by atoms with E-state index >= 15 is 0 Å². The van der Waals surface area contributed by atoms with Crippen molar-refractivity contribution in [1.82, 2.24) is 5.01 Å². The molecular formula is C16H24N4O3. The summed E-state index contributed by atoms with van der Waals surface area (Å²) in [6.45, 7) is 8.19. The molecule has 1 fully saturated rings. The minimum absolute atomic E-state index is 0.176. The Kier molecular flexibility index (Phi) is 4.77. The number of hydrogen-bond donors (Lipinski definition) is 0. The van der Waals surface area contributed by atoms with Gasteiger partial charge in [0.1, 0.15) is 0 Å². The molecule has 1 aromatic carbocycles. The molecule has 1 aliphatic heterocycles. The first-order valence-electron chi connectivity index (χ1n) is 7.66. The molecule has 1 aliphatic rings. The zero-order valence-corrected chi connectivity index (χ0v) is 14.3. The van der Waals surface area contributed by atoms with Crippen LogP contribution in [0, 0.1) is 12.1 Å². The number of benzene rings is 1. The number of anilines is 1. The van der Waals surface area contributed by atoms with Crippen LogP contribution in [-0.2, 0) is 9.63 Å². The van der Waals surface area contributed by atoms with Crippen LogP contribution in [0.25, 0.3) is 0 Å². The van der Waals surface area contributed by atoms with Gasteiger partial charge in [0.2, 0.25) is 11.4 Å². The largest absolute Gasteiger partial charge is 0.569 e. The van der Waals surface area contributed by atoms with Crippen molar-refractivity contribution in [3.05, 3.63) is 35.0 Å². The molecule has 0 saturated carbocycles. The van der Waals surface area contributed by atoms with Crippen LogP contribution < -0.4 is 4.90 Å². The molecule has 0 unspecified atom stereocenters. The van der Waals surface area contributed by atoms with Crippen molar-refractivity contribution in [3.63, 3.8) is 0 Å². The highest BCUT2D eigenvalue weighted by Crippen LogP contribution is 2.23. The third kappa shape index (κ3) is 3.91. The van der Waals surface area contributed by atoms with Crippen molar-refractivity contribution < 1.29 is 14.6 Å². The van der Waals surface area contributed by atoms with E-state index in [2.05, 4.69) is 5.28 Å². The van der Waals surface area contributed by atoms with Gasteiger partial charge < -0.3 is 14.9 Å². The molecule has 1 amide bonds. The number of aryl methyl sites for hydroxylation is 1. The zero-order chi connectivity index (χ0) is 17.2. The van der Waals surface area contributed by atoms with Crippen LogP contribution in [0.2, 0.25) is 0 Å². The summed E-state index contributed by atoms with van der Waals surface area (Å²) in [4.78, 5) is 19.6. The lowest BCUT2D eigenvalue weighted by Crippen LogP contribution is -2.42. The van der Waals surface area contributed by atoms with Crippen LogP contribution in [0.4, 0.5) is 5.69 Å². The van der Waals surface area contributed by atoms with Gasteiger partial charge in [-0.2, -0.15) is 0 Å². The third-order valence-corrected chi connectivity index (χ3v) is 3.97. The summed E-state index contributed by atoms with van der Waals surface area (Å²) in [7, 11) is 1.62. The van der Waals surface area contributed by atoms with E-state index in [4.69, 9.17) is 4.84 Å². The van der Waals surface area contributed by atoms with Crippen LogP contribution >= 0.6 is 0 Å². The van der Waals surface area contributed by atoms with Gasteiger partial charge in [0, 0.05) is 18.7 Å². The highest BCUT2D eigenvalue weighted by atomic mass is 16.7. The third-order valence-electron chi connectivity index (χ3n) is 3.97. The molecule has 7 heteroatoms. The Labute approximate surface area is 136 Å². The zero-order valence-electron chi connectivity index (χ0n) is 14.3. The predicted molar refractivity (Wildman–Crippen MR) is 86.6 cm³/mol. The molecule has 1 aromatic rings. The summed E-state index contributed by atoms with van der Waals surface area (Å²) in [6, 6.07) is 7.72. The summed E-state index contributed by atoms with van der Waals surface area (Å²) in [5.41, 5.74) is 1.58. The van der Waals surface area contributed by atoms with Gasteiger partial charge >= 0.3 is 0 Å². The van der Waals surface area contributed by atoms with Crippen molar-refractivity contribution in [1.29, 1.82) is 0 Å². The summed E-state index contributed by atoms with van der Waals surface area (Å²) in [6.07, 6.45) is -0.218. The Morgan fingerprint density at radius 3 is 2.52 bits per heavy atom. The van der Waals surface area contributed by atoms with Crippen LogP contribution in [0.1, 0.15) is 32.8 Å². The van der Waals surface area contributed by atoms with Gasteiger partial charge in [-0.25, -0.2) is 0 Å². The first kappa shape index (κ1) is 17.1. The molecule has 2 rings (SSSR count). The number of rotatable bonds is 4. The van der Waals surface area contributed by atoms with E-state index in [0.29, 0.717) is 17.9 Å². The van der Waals surface area contributed by atoms with Gasteiger partial charge in [-0.1, -0.05) is 17.7 Å². The lowest BCUT2D eigenvalue weighted by Gasteiger charge is -2.26. The fourth-order valence-electron chi connectivity index (χ4n) is 2.14. The molecule has 0 bridgehead atoms. The number of nitrogens with zero attached hydrogens (tertiary/aromatic N) is 4. The first-order chi connectivity index (χ1) is 10.7. The molecule has 0 N–H and O–H groups in total. The van der Waals surface area contributed by atoms with E-state index in [0.717, 1.165) is 11.3 Å². The van der Waals surface area contributed by atoms with Gasteiger partial charge in [-0.3, -0.25) is 4.79 Å². The predicted octanol–water partition coefficient (Wildman–Crippen LogP) is 2.64. The second kappa shape index (κ2) is 6.44. The maximum Gasteiger partial charge on any atom is 0.271 e. The summed E-state index contributed by atoms with van der Waals surface area (Å²) >= 11 is 0. The van der Waals surface area contributed by atoms with E-state index < -0.39 is 6.10 Å². The van der Waals surface area contributed by atoms with Crippen molar-refractivity contribution in [3.8, 4) is 0 Å². The molecule has 7 nitrogen and oxygen atoms in total. The molecule has 1 heterocycles. The quantitative estimate of drug-likeness (QED) is 0.486. The van der Waals surface area contributed by atoms with Crippen molar-refractivity contribution in [2.45, 2.75) is 45.8 Å². The van der Waals surface area contributed by atoms with Crippen LogP contribution in [-0.4, -0.2) is 41.1 Å². The SMILES string of the molecule is Cc1ccc(N2CC[C@@H](O/N=[N+](\[O-])N(C)C(C)(C)C)C2=O)cc1. The average molecular weight is 320 g/mol. The molecule has 0 aromatic heterocycles. The first-order valence-corrected chi connectivity index (χ1v) is 7.66. The van der Waals surface area contributed by atoms with Crippen LogP contribution in [0.3, 0.4) is 0 Å². The van der Waals surface area contributed by atoms with E-state index in [1.165, 1.54) is 5.01 Å².